The zero-order valence-corrected chi connectivity index (χ0v) is 20.9. The first-order valence-corrected chi connectivity index (χ1v) is 17.7. The van der Waals surface area contributed by atoms with Crippen LogP contribution in [0.1, 0.15) is 0 Å². The van der Waals surface area contributed by atoms with E-state index in [1.54, 1.807) is 0 Å². The van der Waals surface area contributed by atoms with Crippen molar-refractivity contribution in [3.63, 3.8) is 0 Å². The van der Waals surface area contributed by atoms with Gasteiger partial charge >= 0.3 is 192 Å². The van der Waals surface area contributed by atoms with Crippen LogP contribution in [0.4, 0.5) is 0 Å². The Morgan fingerprint density at radius 1 is 0.515 bits per heavy atom. The molecule has 2 aliphatic rings. The molecule has 21 heteroatoms. The van der Waals surface area contributed by atoms with Gasteiger partial charge in [-0.05, 0) is 0 Å². The summed E-state index contributed by atoms with van der Waals surface area (Å²) < 4.78 is 151. The van der Waals surface area contributed by atoms with E-state index in [1.807, 2.05) is 0 Å². The molecule has 0 aliphatic carbocycles. The van der Waals surface area contributed by atoms with Crippen LogP contribution in [-0.4, -0.2) is 72.4 Å². The molecule has 0 fully saturated rings. The molecule has 0 radical (unpaired) electrons. The fraction of sp³-hybridized carbons (Fsp3) is 0. The predicted molar refractivity (Wildman–Crippen MR) is 100 cm³/mol. The number of fused-ring (bicyclic) bond motifs is 2. The van der Waals surface area contributed by atoms with Gasteiger partial charge in [-0.1, -0.05) is 0 Å². The zero-order chi connectivity index (χ0) is 24.8. The Morgan fingerprint density at radius 2 is 0.848 bits per heavy atom. The maximum atomic E-state index is 11.7. The van der Waals surface area contributed by atoms with Crippen molar-refractivity contribution in [1.82, 2.24) is 0 Å². The summed E-state index contributed by atoms with van der Waals surface area (Å²) in [5, 5.41) is 0. The summed E-state index contributed by atoms with van der Waals surface area (Å²) in [6.07, 6.45) is 0. The Bertz CT molecular complexity index is 1530. The molecule has 0 amide bonds. The van der Waals surface area contributed by atoms with E-state index in [9.17, 15) is 51.9 Å². The number of hydrogen-bond donors (Lipinski definition) is 4. The van der Waals surface area contributed by atoms with Gasteiger partial charge in [0.05, 0.1) is 0 Å². The third kappa shape index (κ3) is 4.33. The third-order valence-electron chi connectivity index (χ3n) is 3.97. The molecule has 0 saturated carbocycles. The first kappa shape index (κ1) is 24.2. The van der Waals surface area contributed by atoms with Crippen LogP contribution in [0.15, 0.2) is 43.8 Å². The first-order valence-electron chi connectivity index (χ1n) is 7.74. The molecule has 2 heterocycles. The van der Waals surface area contributed by atoms with Gasteiger partial charge in [0.25, 0.3) is 0 Å². The van der Waals surface area contributed by atoms with Crippen molar-refractivity contribution in [1.29, 1.82) is 0 Å². The van der Waals surface area contributed by atoms with Crippen molar-refractivity contribution in [3.05, 3.63) is 24.3 Å². The fourth-order valence-corrected chi connectivity index (χ4v) is 10.7. The molecule has 4 rings (SSSR count). The molecule has 4 N–H and O–H groups in total. The molecule has 1 spiro atoms. The Morgan fingerprint density at radius 3 is 1.12 bits per heavy atom. The van der Waals surface area contributed by atoms with Crippen molar-refractivity contribution in [2.24, 2.45) is 0 Å². The van der Waals surface area contributed by atoms with E-state index in [0.717, 1.165) is 0 Å². The monoisotopic (exact) mass is 657 g/mol. The fourth-order valence-electron chi connectivity index (χ4n) is 2.68. The summed E-state index contributed by atoms with van der Waals surface area (Å²) in [5.74, 6) is -3.04. The maximum absolute atomic E-state index is 11.7. The third-order valence-corrected chi connectivity index (χ3v) is 12.1. The van der Waals surface area contributed by atoms with Gasteiger partial charge in [0.1, 0.15) is 0 Å². The van der Waals surface area contributed by atoms with Crippen LogP contribution in [0.3, 0.4) is 0 Å². The van der Waals surface area contributed by atoms with Gasteiger partial charge < -0.3 is 0 Å². The second kappa shape index (κ2) is 7.06. The summed E-state index contributed by atoms with van der Waals surface area (Å²) in [4.78, 5) is -4.45. The van der Waals surface area contributed by atoms with Gasteiger partial charge in [-0.3, -0.25) is 0 Å². The molecule has 182 valence electrons. The molecule has 0 aromatic heterocycles. The second-order valence-corrected chi connectivity index (χ2v) is 16.5. The van der Waals surface area contributed by atoms with E-state index in [-0.39, 0.29) is 0 Å². The van der Waals surface area contributed by atoms with E-state index in [2.05, 4.69) is 0 Å². The minimum absolute atomic E-state index is 0.332. The summed E-state index contributed by atoms with van der Waals surface area (Å²) in [6, 6.07) is 1.84. The van der Waals surface area contributed by atoms with Gasteiger partial charge in [0, 0.05) is 0 Å². The van der Waals surface area contributed by atoms with Crippen molar-refractivity contribution in [2.45, 2.75) is 19.6 Å². The van der Waals surface area contributed by atoms with Crippen LogP contribution in [0.5, 0.6) is 23.0 Å². The Labute approximate surface area is 190 Å². The Hall–Kier alpha value is -1.90. The zero-order valence-electron chi connectivity index (χ0n) is 15.1. The van der Waals surface area contributed by atoms with Crippen LogP contribution >= 0.6 is 0 Å². The van der Waals surface area contributed by atoms with Crippen LogP contribution in [0.25, 0.3) is 0 Å². The molecule has 2 aromatic rings. The van der Waals surface area contributed by atoms with Gasteiger partial charge in [-0.15, -0.1) is 0 Å². The topological polar surface area (TPSA) is 254 Å². The van der Waals surface area contributed by atoms with Gasteiger partial charge in [-0.25, -0.2) is 0 Å². The van der Waals surface area contributed by atoms with Gasteiger partial charge in [0.2, 0.25) is 0 Å². The average molecular weight is 658 g/mol. The minimum atomic E-state index is -5.57. The summed E-state index contributed by atoms with van der Waals surface area (Å²) in [7, 11) is -20.4. The first-order chi connectivity index (χ1) is 14.8. The molecule has 16 nitrogen and oxygen atoms in total. The van der Waals surface area contributed by atoms with Crippen molar-refractivity contribution >= 4 is 61.0 Å². The average Bonchev–Trinajstić information content (AvgIpc) is 3.14. The number of rotatable bonds is 4. The van der Waals surface area contributed by atoms with E-state index in [0.29, 0.717) is 24.3 Å². The quantitative estimate of drug-likeness (QED) is 0.235. The number of benzene rings is 2. The van der Waals surface area contributed by atoms with E-state index >= 15 is 0 Å². The van der Waals surface area contributed by atoms with Crippen LogP contribution in [0.2, 0.25) is 0 Å². The molecule has 0 unspecified atom stereocenters. The van der Waals surface area contributed by atoms with Crippen molar-refractivity contribution in [2.75, 3.05) is 0 Å². The van der Waals surface area contributed by atoms with Crippen LogP contribution in [-0.2, 0) is 40.5 Å². The summed E-state index contributed by atoms with van der Waals surface area (Å²) in [5.41, 5.74) is 0. The standard InChI is InChI=1S/2C6H6O8S2.Sb/c2*7-4-1-3(15(9,10)11)2-5(6(4)8)16(12,13)14;/h2*1-2,7-8H,(H,9,10,11)(H,12,13,14);/q;;+3/p-4. The van der Waals surface area contributed by atoms with Gasteiger partial charge in [0.15, 0.2) is 0 Å². The Balaban J connectivity index is 1.89. The number of hydrogen-bond acceptors (Lipinski definition) is 12. The molecule has 0 bridgehead atoms. The second-order valence-electron chi connectivity index (χ2n) is 6.21. The molecule has 33 heavy (non-hydrogen) atoms. The van der Waals surface area contributed by atoms with E-state index < -0.39 is 104 Å². The van der Waals surface area contributed by atoms with Crippen LogP contribution in [0, 0.1) is 0 Å². The molecular formula is C12H8O16S4Sb-. The van der Waals surface area contributed by atoms with Crippen molar-refractivity contribution in [3.8, 4) is 23.0 Å². The SMILES string of the molecule is O=S(=O)(O)c1cc2c(c(S(=O)(=O)O)c1)[O][Sb-]1([O]2)[O]c2cc(S(=O)(=O)O)cc(S(=O)(=O)O)c2[O]1. The molecule has 2 aromatic carbocycles. The van der Waals surface area contributed by atoms with E-state index in [4.69, 9.17) is 12.1 Å². The van der Waals surface area contributed by atoms with Crippen LogP contribution < -0.4 is 12.1 Å². The summed E-state index contributed by atoms with van der Waals surface area (Å²) >= 11 is -5.57. The molecule has 0 saturated heterocycles. The summed E-state index contributed by atoms with van der Waals surface area (Å²) in [6.45, 7) is 0. The predicted octanol–water partition coefficient (Wildman–Crippen LogP) is -0.648. The molecule has 2 aliphatic heterocycles. The van der Waals surface area contributed by atoms with E-state index in [1.165, 1.54) is 0 Å². The molecular weight excluding hydrogens is 650 g/mol. The normalized spacial score (nSPS) is 17.8. The molecule has 0 atom stereocenters. The van der Waals surface area contributed by atoms with Gasteiger partial charge in [-0.2, -0.15) is 0 Å². The van der Waals surface area contributed by atoms with Crippen molar-refractivity contribution < 1.29 is 63.9 Å². The Kier molecular flexibility index (Phi) is 5.18.